The van der Waals surface area contributed by atoms with E-state index in [1.54, 1.807) is 12.1 Å². The number of barbiturate groups is 1. The Morgan fingerprint density at radius 1 is 1.20 bits per heavy atom. The lowest BCUT2D eigenvalue weighted by atomic mass is 9.71. The van der Waals surface area contributed by atoms with Crippen LogP contribution in [0.4, 0.5) is 4.79 Å². The number of urea groups is 1. The molecule has 0 bridgehead atoms. The van der Waals surface area contributed by atoms with E-state index in [4.69, 9.17) is 4.42 Å². The quantitative estimate of drug-likeness (QED) is 0.835. The summed E-state index contributed by atoms with van der Waals surface area (Å²) in [6.07, 6.45) is 5.21. The van der Waals surface area contributed by atoms with Crippen LogP contribution in [-0.2, 0) is 16.1 Å². The molecular weight excluding hydrogens is 260 g/mol. The first-order valence-electron chi connectivity index (χ1n) is 6.83. The molecule has 0 aromatic carbocycles. The summed E-state index contributed by atoms with van der Waals surface area (Å²) in [7, 11) is 0. The maximum Gasteiger partial charge on any atom is 0.331 e. The summed E-state index contributed by atoms with van der Waals surface area (Å²) >= 11 is 0. The van der Waals surface area contributed by atoms with Crippen molar-refractivity contribution in [1.29, 1.82) is 0 Å². The van der Waals surface area contributed by atoms with Gasteiger partial charge in [-0.25, -0.2) is 4.79 Å². The summed E-state index contributed by atoms with van der Waals surface area (Å²) in [6, 6.07) is 2.74. The van der Waals surface area contributed by atoms with Gasteiger partial charge in [-0.15, -0.1) is 0 Å². The van der Waals surface area contributed by atoms with Crippen LogP contribution in [-0.4, -0.2) is 22.7 Å². The number of hydrogen-bond acceptors (Lipinski definition) is 4. The van der Waals surface area contributed by atoms with E-state index < -0.39 is 17.4 Å². The largest absolute Gasteiger partial charge is 0.467 e. The standard InChI is InChI=1S/C14H16N2O4/c17-11-14(6-2-1-3-7-14)12(18)16(13(19)15-11)9-10-5-4-8-20-10/h4-5,8H,1-3,6-7,9H2,(H,15,17,19). The van der Waals surface area contributed by atoms with E-state index in [1.807, 2.05) is 0 Å². The van der Waals surface area contributed by atoms with Crippen LogP contribution in [0.15, 0.2) is 22.8 Å². The van der Waals surface area contributed by atoms with Crippen LogP contribution in [0.3, 0.4) is 0 Å². The molecule has 0 radical (unpaired) electrons. The first-order valence-corrected chi connectivity index (χ1v) is 6.83. The molecule has 1 spiro atoms. The molecule has 6 heteroatoms. The predicted molar refractivity (Wildman–Crippen MR) is 68.3 cm³/mol. The Morgan fingerprint density at radius 2 is 1.95 bits per heavy atom. The van der Waals surface area contributed by atoms with Crippen molar-refractivity contribution in [2.75, 3.05) is 0 Å². The van der Waals surface area contributed by atoms with Crippen LogP contribution in [0, 0.1) is 5.41 Å². The van der Waals surface area contributed by atoms with E-state index in [2.05, 4.69) is 5.32 Å². The van der Waals surface area contributed by atoms with E-state index in [1.165, 1.54) is 6.26 Å². The number of carbonyl (C=O) groups excluding carboxylic acids is 3. The summed E-state index contributed by atoms with van der Waals surface area (Å²) in [4.78, 5) is 37.8. The number of rotatable bonds is 2. The van der Waals surface area contributed by atoms with E-state index >= 15 is 0 Å². The highest BCUT2D eigenvalue weighted by Crippen LogP contribution is 2.40. The van der Waals surface area contributed by atoms with Gasteiger partial charge in [-0.2, -0.15) is 0 Å². The van der Waals surface area contributed by atoms with Crippen molar-refractivity contribution >= 4 is 17.8 Å². The Morgan fingerprint density at radius 3 is 2.60 bits per heavy atom. The summed E-state index contributed by atoms with van der Waals surface area (Å²) in [6.45, 7) is 0.0622. The van der Waals surface area contributed by atoms with Gasteiger partial charge in [0.25, 0.3) is 0 Å². The molecule has 1 saturated carbocycles. The van der Waals surface area contributed by atoms with Crippen molar-refractivity contribution in [3.8, 4) is 0 Å². The third kappa shape index (κ3) is 1.92. The Bertz CT molecular complexity index is 544. The zero-order valence-electron chi connectivity index (χ0n) is 11.1. The zero-order chi connectivity index (χ0) is 14.2. The van der Waals surface area contributed by atoms with Crippen LogP contribution in [0.25, 0.3) is 0 Å². The maximum atomic E-state index is 12.7. The van der Waals surface area contributed by atoms with Crippen molar-refractivity contribution < 1.29 is 18.8 Å². The SMILES string of the molecule is O=C1NC(=O)C2(CCCCC2)C(=O)N1Cc1ccco1. The topological polar surface area (TPSA) is 79.6 Å². The molecule has 1 aromatic heterocycles. The summed E-state index contributed by atoms with van der Waals surface area (Å²) < 4.78 is 5.18. The lowest BCUT2D eigenvalue weighted by molar-refractivity contribution is -0.154. The Kier molecular flexibility index (Phi) is 3.08. The molecule has 4 amide bonds. The van der Waals surface area contributed by atoms with Crippen molar-refractivity contribution in [2.24, 2.45) is 5.41 Å². The fraction of sp³-hybridized carbons (Fsp3) is 0.500. The number of amides is 4. The highest BCUT2D eigenvalue weighted by atomic mass is 16.3. The first kappa shape index (κ1) is 12.9. The molecule has 1 saturated heterocycles. The van der Waals surface area contributed by atoms with Gasteiger partial charge < -0.3 is 4.42 Å². The number of nitrogens with one attached hydrogen (secondary N) is 1. The van der Waals surface area contributed by atoms with E-state index in [9.17, 15) is 14.4 Å². The fourth-order valence-electron chi connectivity index (χ4n) is 3.03. The lowest BCUT2D eigenvalue weighted by Gasteiger charge is -2.41. The lowest BCUT2D eigenvalue weighted by Crippen LogP contribution is -2.63. The van der Waals surface area contributed by atoms with Crippen LogP contribution < -0.4 is 5.32 Å². The molecule has 106 valence electrons. The van der Waals surface area contributed by atoms with Crippen molar-refractivity contribution in [1.82, 2.24) is 10.2 Å². The van der Waals surface area contributed by atoms with Gasteiger partial charge in [0, 0.05) is 0 Å². The molecule has 1 aromatic rings. The second-order valence-electron chi connectivity index (χ2n) is 5.37. The molecule has 1 N–H and O–H groups in total. The van der Waals surface area contributed by atoms with Gasteiger partial charge in [-0.1, -0.05) is 19.3 Å². The first-order chi connectivity index (χ1) is 9.63. The van der Waals surface area contributed by atoms with Gasteiger partial charge in [-0.3, -0.25) is 19.8 Å². The van der Waals surface area contributed by atoms with E-state index in [0.717, 1.165) is 24.2 Å². The second-order valence-corrected chi connectivity index (χ2v) is 5.37. The van der Waals surface area contributed by atoms with Gasteiger partial charge in [0.2, 0.25) is 11.8 Å². The molecule has 2 heterocycles. The molecule has 3 rings (SSSR count). The molecule has 0 atom stereocenters. The van der Waals surface area contributed by atoms with Gasteiger partial charge in [0.05, 0.1) is 12.8 Å². The van der Waals surface area contributed by atoms with Gasteiger partial charge in [-0.05, 0) is 25.0 Å². The average Bonchev–Trinajstić information content (AvgIpc) is 2.96. The normalized spacial score (nSPS) is 22.2. The highest BCUT2D eigenvalue weighted by molar-refractivity contribution is 6.19. The third-order valence-electron chi connectivity index (χ3n) is 4.16. The van der Waals surface area contributed by atoms with Gasteiger partial charge in [0.15, 0.2) is 0 Å². The van der Waals surface area contributed by atoms with Crippen molar-refractivity contribution in [3.05, 3.63) is 24.2 Å². The summed E-state index contributed by atoms with van der Waals surface area (Å²) in [5.41, 5.74) is -1.06. The minimum atomic E-state index is -1.06. The molecule has 1 aliphatic carbocycles. The van der Waals surface area contributed by atoms with Crippen LogP contribution >= 0.6 is 0 Å². The molecule has 2 aliphatic rings. The minimum Gasteiger partial charge on any atom is -0.467 e. The van der Waals surface area contributed by atoms with Gasteiger partial charge in [0.1, 0.15) is 11.2 Å². The highest BCUT2D eigenvalue weighted by Gasteiger charge is 2.53. The Labute approximate surface area is 116 Å². The van der Waals surface area contributed by atoms with E-state index in [0.29, 0.717) is 18.6 Å². The molecule has 2 fully saturated rings. The number of nitrogens with zero attached hydrogens (tertiary/aromatic N) is 1. The summed E-state index contributed by atoms with van der Waals surface area (Å²) in [5, 5.41) is 2.32. The predicted octanol–water partition coefficient (Wildman–Crippen LogP) is 1.81. The van der Waals surface area contributed by atoms with Gasteiger partial charge >= 0.3 is 6.03 Å². The van der Waals surface area contributed by atoms with E-state index in [-0.39, 0.29) is 12.5 Å². The monoisotopic (exact) mass is 276 g/mol. The fourth-order valence-corrected chi connectivity index (χ4v) is 3.03. The molecule has 20 heavy (non-hydrogen) atoms. The van der Waals surface area contributed by atoms with Crippen LogP contribution in [0.2, 0.25) is 0 Å². The number of hydrogen-bond donors (Lipinski definition) is 1. The molecule has 6 nitrogen and oxygen atoms in total. The molecule has 1 aliphatic heterocycles. The molecule has 0 unspecified atom stereocenters. The van der Waals surface area contributed by atoms with Crippen LogP contribution in [0.1, 0.15) is 37.9 Å². The van der Waals surface area contributed by atoms with Crippen LogP contribution in [0.5, 0.6) is 0 Å². The smallest absolute Gasteiger partial charge is 0.331 e. The average molecular weight is 276 g/mol. The summed E-state index contributed by atoms with van der Waals surface area (Å²) in [5.74, 6) is -0.306. The maximum absolute atomic E-state index is 12.7. The number of furan rings is 1. The minimum absolute atomic E-state index is 0.0622. The second kappa shape index (κ2) is 4.77. The third-order valence-corrected chi connectivity index (χ3v) is 4.16. The zero-order valence-corrected chi connectivity index (χ0v) is 11.1. The Hall–Kier alpha value is -2.11. The number of imide groups is 2. The molecular formula is C14H16N2O4. The number of carbonyl (C=O) groups is 3. The van der Waals surface area contributed by atoms with Crippen molar-refractivity contribution in [2.45, 2.75) is 38.6 Å². The Balaban J connectivity index is 1.88. The van der Waals surface area contributed by atoms with Crippen molar-refractivity contribution in [3.63, 3.8) is 0 Å².